The van der Waals surface area contributed by atoms with E-state index in [1.54, 1.807) is 24.4 Å². The molecule has 1 N–H and O–H groups in total. The van der Waals surface area contributed by atoms with E-state index in [9.17, 15) is 9.18 Å². The highest BCUT2D eigenvalue weighted by Crippen LogP contribution is 2.30. The summed E-state index contributed by atoms with van der Waals surface area (Å²) < 4.78 is 12.9. The Morgan fingerprint density at radius 2 is 2.03 bits per heavy atom. The van der Waals surface area contributed by atoms with E-state index in [-0.39, 0.29) is 11.9 Å². The lowest BCUT2D eigenvalue weighted by Crippen LogP contribution is -2.51. The van der Waals surface area contributed by atoms with Gasteiger partial charge >= 0.3 is 0 Å². The fraction of sp³-hybridized carbons (Fsp3) is 0.346. The first kappa shape index (κ1) is 23.2. The maximum absolute atomic E-state index is 13.9. The van der Waals surface area contributed by atoms with E-state index in [4.69, 9.17) is 11.6 Å². The Morgan fingerprint density at radius 1 is 1.18 bits per heavy atom. The number of piperidine rings is 1. The van der Waals surface area contributed by atoms with Gasteiger partial charge in [0.2, 0.25) is 0 Å². The minimum Gasteiger partial charge on any atom is -0.368 e. The zero-order chi connectivity index (χ0) is 23.4. The lowest BCUT2D eigenvalue weighted by Gasteiger charge is -2.40. The van der Waals surface area contributed by atoms with Crippen molar-refractivity contribution in [1.29, 1.82) is 0 Å². The average molecular weight is 467 g/mol. The molecule has 33 heavy (non-hydrogen) atoms. The number of carbonyl (C=O) groups is 1. The molecule has 3 aromatic rings. The van der Waals surface area contributed by atoms with Gasteiger partial charge in [-0.1, -0.05) is 42.3 Å². The molecule has 0 unspecified atom stereocenters. The molecule has 4 rings (SSSR count). The van der Waals surface area contributed by atoms with E-state index in [2.05, 4.69) is 22.2 Å². The fourth-order valence-electron chi connectivity index (χ4n) is 4.38. The number of nitrogens with one attached hydrogen (secondary N) is 1. The van der Waals surface area contributed by atoms with Crippen LogP contribution in [0.25, 0.3) is 11.3 Å². The molecule has 0 bridgehead atoms. The first-order valence-electron chi connectivity index (χ1n) is 11.2. The zero-order valence-electron chi connectivity index (χ0n) is 18.9. The topological polar surface area (TPSA) is 58.1 Å². The van der Waals surface area contributed by atoms with Crippen molar-refractivity contribution >= 4 is 23.3 Å². The molecule has 1 fully saturated rings. The van der Waals surface area contributed by atoms with Crippen LogP contribution in [-0.2, 0) is 6.67 Å². The van der Waals surface area contributed by atoms with Gasteiger partial charge in [-0.3, -0.25) is 9.78 Å². The van der Waals surface area contributed by atoms with Crippen LogP contribution in [0.4, 0.5) is 10.2 Å². The minimum atomic E-state index is -0.560. The average Bonchev–Trinajstić information content (AvgIpc) is 2.84. The number of halogens is 2. The van der Waals surface area contributed by atoms with Gasteiger partial charge in [0.05, 0.1) is 16.8 Å². The molecule has 0 aliphatic carbocycles. The molecule has 3 heterocycles. The van der Waals surface area contributed by atoms with Gasteiger partial charge < -0.3 is 10.2 Å². The molecule has 1 saturated heterocycles. The Morgan fingerprint density at radius 3 is 2.73 bits per heavy atom. The Hall–Kier alpha value is -2.99. The first-order valence-corrected chi connectivity index (χ1v) is 11.6. The predicted octanol–water partition coefficient (Wildman–Crippen LogP) is 5.93. The number of anilines is 1. The van der Waals surface area contributed by atoms with Crippen molar-refractivity contribution in [2.24, 2.45) is 5.92 Å². The summed E-state index contributed by atoms with van der Waals surface area (Å²) >= 11 is 5.94. The van der Waals surface area contributed by atoms with Crippen LogP contribution in [0.3, 0.4) is 0 Å². The van der Waals surface area contributed by atoms with Crippen LogP contribution >= 0.6 is 11.6 Å². The Labute approximate surface area is 199 Å². The van der Waals surface area contributed by atoms with Crippen molar-refractivity contribution in [3.63, 3.8) is 0 Å². The summed E-state index contributed by atoms with van der Waals surface area (Å²) in [5, 5.41) is 3.95. The molecule has 5 nitrogen and oxygen atoms in total. The van der Waals surface area contributed by atoms with Crippen LogP contribution in [0, 0.1) is 12.8 Å². The Bertz CT molecular complexity index is 1100. The molecule has 0 saturated carbocycles. The molecule has 1 aromatic carbocycles. The second-order valence-corrected chi connectivity index (χ2v) is 9.10. The summed E-state index contributed by atoms with van der Waals surface area (Å²) in [5.41, 5.74) is 3.58. The summed E-state index contributed by atoms with van der Waals surface area (Å²) in [6.45, 7) is 4.91. The molecule has 0 spiro atoms. The second-order valence-electron chi connectivity index (χ2n) is 8.66. The van der Waals surface area contributed by atoms with Crippen LogP contribution in [0.2, 0.25) is 5.02 Å². The number of aryl methyl sites for hydroxylation is 1. The maximum Gasteiger partial charge on any atom is 0.254 e. The molecule has 1 aliphatic rings. The summed E-state index contributed by atoms with van der Waals surface area (Å²) in [4.78, 5) is 24.6. The van der Waals surface area contributed by atoms with Gasteiger partial charge in [-0.15, -0.1) is 0 Å². The number of likely N-dealkylation sites (tertiary alicyclic amines) is 1. The van der Waals surface area contributed by atoms with Crippen molar-refractivity contribution in [2.75, 3.05) is 18.4 Å². The maximum atomic E-state index is 13.9. The van der Waals surface area contributed by atoms with E-state index in [0.29, 0.717) is 40.9 Å². The zero-order valence-corrected chi connectivity index (χ0v) is 19.6. The van der Waals surface area contributed by atoms with Crippen molar-refractivity contribution in [3.05, 3.63) is 76.6 Å². The van der Waals surface area contributed by atoms with Gasteiger partial charge in [0.25, 0.3) is 5.91 Å². The van der Waals surface area contributed by atoms with Gasteiger partial charge in [0, 0.05) is 42.2 Å². The third-order valence-electron chi connectivity index (χ3n) is 6.26. The van der Waals surface area contributed by atoms with Crippen molar-refractivity contribution in [1.82, 2.24) is 14.9 Å². The smallest absolute Gasteiger partial charge is 0.254 e. The summed E-state index contributed by atoms with van der Waals surface area (Å²) in [6, 6.07) is 13.0. The van der Waals surface area contributed by atoms with Crippen molar-refractivity contribution in [3.8, 4) is 11.3 Å². The van der Waals surface area contributed by atoms with Gasteiger partial charge in [0.1, 0.15) is 12.5 Å². The monoisotopic (exact) mass is 466 g/mol. The van der Waals surface area contributed by atoms with E-state index in [1.165, 1.54) is 6.20 Å². The van der Waals surface area contributed by atoms with E-state index < -0.39 is 6.67 Å². The number of hydrogen-bond donors (Lipinski definition) is 1. The number of carbonyl (C=O) groups excluding carboxylic acids is 1. The van der Waals surface area contributed by atoms with Gasteiger partial charge in [-0.2, -0.15) is 0 Å². The highest BCUT2D eigenvalue weighted by Gasteiger charge is 2.33. The third-order valence-corrected chi connectivity index (χ3v) is 6.48. The van der Waals surface area contributed by atoms with Gasteiger partial charge in [-0.05, 0) is 49.9 Å². The predicted molar refractivity (Wildman–Crippen MR) is 130 cm³/mol. The number of benzene rings is 1. The highest BCUT2D eigenvalue weighted by molar-refractivity contribution is 6.30. The van der Waals surface area contributed by atoms with E-state index >= 15 is 0 Å². The lowest BCUT2D eigenvalue weighted by atomic mass is 9.89. The molecule has 2 aromatic heterocycles. The summed E-state index contributed by atoms with van der Waals surface area (Å²) in [5.74, 6) is 1.07. The SMILES string of the molecule is Cc1ccc(-c2ccc(CF)cn2)c(C(=O)N2CCC[C@@H](C)[C@H]2CNc2ccc(Cl)cn2)c1. The van der Waals surface area contributed by atoms with Crippen LogP contribution in [0.1, 0.15) is 41.3 Å². The Kier molecular flexibility index (Phi) is 7.23. The first-order chi connectivity index (χ1) is 16.0. The standard InChI is InChI=1S/C26H28ClFN4O/c1-17-5-8-21(23-9-6-19(13-28)14-29-23)22(12-17)26(33)32-11-3-4-18(2)24(32)16-31-25-10-7-20(27)15-30-25/h5-10,12,14-15,18,24H,3-4,11,13,16H2,1-2H3,(H,30,31)/t18-,24-/m1/s1. The third kappa shape index (κ3) is 5.33. The van der Waals surface area contributed by atoms with Gasteiger partial charge in [0.15, 0.2) is 0 Å². The minimum absolute atomic E-state index is 0.00696. The number of hydrogen-bond acceptors (Lipinski definition) is 4. The van der Waals surface area contributed by atoms with Crippen LogP contribution < -0.4 is 5.32 Å². The van der Waals surface area contributed by atoms with Gasteiger partial charge in [-0.25, -0.2) is 9.37 Å². The molecular weight excluding hydrogens is 439 g/mol. The van der Waals surface area contributed by atoms with Crippen molar-refractivity contribution < 1.29 is 9.18 Å². The summed E-state index contributed by atoms with van der Waals surface area (Å²) in [6.07, 6.45) is 5.17. The second kappa shape index (κ2) is 10.3. The highest BCUT2D eigenvalue weighted by atomic mass is 35.5. The largest absolute Gasteiger partial charge is 0.368 e. The number of amides is 1. The van der Waals surface area contributed by atoms with E-state index in [1.807, 2.05) is 36.1 Å². The Balaban J connectivity index is 1.61. The van der Waals surface area contributed by atoms with Crippen LogP contribution in [0.15, 0.2) is 54.9 Å². The molecular formula is C26H28ClFN4O. The van der Waals surface area contributed by atoms with E-state index in [0.717, 1.165) is 29.8 Å². The quantitative estimate of drug-likeness (QED) is 0.489. The molecule has 0 radical (unpaired) electrons. The molecule has 2 atom stereocenters. The number of alkyl halides is 1. The van der Waals surface area contributed by atoms with Crippen LogP contribution in [-0.4, -0.2) is 39.9 Å². The number of pyridine rings is 2. The molecule has 1 aliphatic heterocycles. The molecule has 1 amide bonds. The fourth-order valence-corrected chi connectivity index (χ4v) is 4.49. The molecule has 172 valence electrons. The number of nitrogens with zero attached hydrogens (tertiary/aromatic N) is 3. The number of aromatic nitrogens is 2. The number of rotatable bonds is 6. The van der Waals surface area contributed by atoms with Crippen LogP contribution in [0.5, 0.6) is 0 Å². The normalized spacial score (nSPS) is 18.2. The summed E-state index contributed by atoms with van der Waals surface area (Å²) in [7, 11) is 0. The molecule has 7 heteroatoms. The lowest BCUT2D eigenvalue weighted by molar-refractivity contribution is 0.0540. The van der Waals surface area contributed by atoms with Crippen molar-refractivity contribution in [2.45, 2.75) is 39.4 Å².